The number of nitrogens with zero attached hydrogens (tertiary/aromatic N) is 2. The zero-order valence-corrected chi connectivity index (χ0v) is 12.6. The molecule has 0 radical (unpaired) electrons. The first-order chi connectivity index (χ1) is 9.19. The van der Waals surface area contributed by atoms with Crippen LogP contribution < -0.4 is 5.32 Å². The first-order valence-corrected chi connectivity index (χ1v) is 7.34. The van der Waals surface area contributed by atoms with Crippen molar-refractivity contribution in [2.75, 3.05) is 6.54 Å². The van der Waals surface area contributed by atoms with E-state index in [-0.39, 0.29) is 0 Å². The molecule has 0 unspecified atom stereocenters. The van der Waals surface area contributed by atoms with Gasteiger partial charge in [0.25, 0.3) is 0 Å². The third-order valence-electron chi connectivity index (χ3n) is 2.57. The van der Waals surface area contributed by atoms with Crippen molar-refractivity contribution in [2.24, 2.45) is 0 Å². The van der Waals surface area contributed by atoms with Gasteiger partial charge in [0.15, 0.2) is 0 Å². The summed E-state index contributed by atoms with van der Waals surface area (Å²) < 4.78 is 0. The lowest BCUT2D eigenvalue weighted by atomic mass is 10.2. The predicted octanol–water partition coefficient (Wildman–Crippen LogP) is 3.70. The van der Waals surface area contributed by atoms with Gasteiger partial charge < -0.3 is 5.32 Å². The van der Waals surface area contributed by atoms with Gasteiger partial charge in [0.2, 0.25) is 0 Å². The van der Waals surface area contributed by atoms with Crippen molar-refractivity contribution in [2.45, 2.75) is 30.4 Å². The second-order valence-corrected chi connectivity index (χ2v) is 5.61. The van der Waals surface area contributed by atoms with E-state index < -0.39 is 0 Å². The standard InChI is InChI=1S/C14H16ClN3S/c1-3-16-7-11-6-10(2)14(18-8-11)19-13-5-4-12(15)9-17-13/h4-6,8-9,16H,3,7H2,1-2H3. The van der Waals surface area contributed by atoms with Crippen molar-refractivity contribution in [3.63, 3.8) is 0 Å². The first kappa shape index (κ1) is 14.3. The molecular formula is C14H16ClN3S. The summed E-state index contributed by atoms with van der Waals surface area (Å²) in [5, 5.41) is 5.83. The minimum atomic E-state index is 0.648. The van der Waals surface area contributed by atoms with Crippen LogP contribution in [0.3, 0.4) is 0 Å². The van der Waals surface area contributed by atoms with Gasteiger partial charge in [0, 0.05) is 18.9 Å². The molecular weight excluding hydrogens is 278 g/mol. The Morgan fingerprint density at radius 2 is 2.11 bits per heavy atom. The maximum atomic E-state index is 5.82. The molecule has 0 aromatic carbocycles. The van der Waals surface area contributed by atoms with E-state index in [0.29, 0.717) is 5.02 Å². The van der Waals surface area contributed by atoms with E-state index in [0.717, 1.165) is 28.7 Å². The van der Waals surface area contributed by atoms with E-state index in [1.54, 1.807) is 18.0 Å². The Bertz CT molecular complexity index is 543. The third kappa shape index (κ3) is 4.20. The number of hydrogen-bond acceptors (Lipinski definition) is 4. The SMILES string of the molecule is CCNCc1cnc(Sc2ccc(Cl)cn2)c(C)c1. The average Bonchev–Trinajstić information content (AvgIpc) is 2.41. The van der Waals surface area contributed by atoms with Crippen LogP contribution in [0.2, 0.25) is 5.02 Å². The quantitative estimate of drug-likeness (QED) is 0.912. The summed E-state index contributed by atoms with van der Waals surface area (Å²) in [6, 6.07) is 5.90. The lowest BCUT2D eigenvalue weighted by Crippen LogP contribution is -2.12. The van der Waals surface area contributed by atoms with Crippen LogP contribution in [-0.4, -0.2) is 16.5 Å². The van der Waals surface area contributed by atoms with Gasteiger partial charge in [-0.2, -0.15) is 0 Å². The van der Waals surface area contributed by atoms with Gasteiger partial charge in [-0.25, -0.2) is 9.97 Å². The summed E-state index contributed by atoms with van der Waals surface area (Å²) in [6.07, 6.45) is 3.56. The van der Waals surface area contributed by atoms with Crippen molar-refractivity contribution >= 4 is 23.4 Å². The van der Waals surface area contributed by atoms with Gasteiger partial charge in [-0.05, 0) is 48.5 Å². The number of halogens is 1. The highest BCUT2D eigenvalue weighted by Gasteiger charge is 2.05. The largest absolute Gasteiger partial charge is 0.313 e. The maximum absolute atomic E-state index is 5.82. The molecule has 3 nitrogen and oxygen atoms in total. The van der Waals surface area contributed by atoms with Gasteiger partial charge in [0.1, 0.15) is 10.1 Å². The molecule has 0 saturated carbocycles. The summed E-state index contributed by atoms with van der Waals surface area (Å²) >= 11 is 7.38. The predicted molar refractivity (Wildman–Crippen MR) is 79.7 cm³/mol. The maximum Gasteiger partial charge on any atom is 0.105 e. The first-order valence-electron chi connectivity index (χ1n) is 6.14. The topological polar surface area (TPSA) is 37.8 Å². The molecule has 1 N–H and O–H groups in total. The van der Waals surface area contributed by atoms with Crippen LogP contribution in [0.5, 0.6) is 0 Å². The van der Waals surface area contributed by atoms with E-state index in [1.165, 1.54) is 5.56 Å². The Labute approximate surface area is 122 Å². The molecule has 2 heterocycles. The van der Waals surface area contributed by atoms with E-state index >= 15 is 0 Å². The molecule has 0 fully saturated rings. The van der Waals surface area contributed by atoms with Crippen molar-refractivity contribution in [3.8, 4) is 0 Å². The van der Waals surface area contributed by atoms with Crippen LogP contribution in [0.15, 0.2) is 40.6 Å². The second kappa shape index (κ2) is 6.89. The lowest BCUT2D eigenvalue weighted by Gasteiger charge is -2.07. The molecule has 2 rings (SSSR count). The van der Waals surface area contributed by atoms with Crippen LogP contribution in [0, 0.1) is 6.92 Å². The zero-order valence-electron chi connectivity index (χ0n) is 11.0. The van der Waals surface area contributed by atoms with Gasteiger partial charge >= 0.3 is 0 Å². The molecule has 0 atom stereocenters. The number of aromatic nitrogens is 2. The Morgan fingerprint density at radius 1 is 1.26 bits per heavy atom. The molecule has 0 saturated heterocycles. The van der Waals surface area contributed by atoms with Crippen LogP contribution >= 0.6 is 23.4 Å². The van der Waals surface area contributed by atoms with E-state index in [2.05, 4.69) is 35.2 Å². The minimum Gasteiger partial charge on any atom is -0.313 e. The van der Waals surface area contributed by atoms with Crippen LogP contribution in [0.1, 0.15) is 18.1 Å². The highest BCUT2D eigenvalue weighted by Crippen LogP contribution is 2.27. The van der Waals surface area contributed by atoms with E-state index in [4.69, 9.17) is 11.6 Å². The minimum absolute atomic E-state index is 0.648. The molecule has 0 aliphatic carbocycles. The molecule has 19 heavy (non-hydrogen) atoms. The average molecular weight is 294 g/mol. The summed E-state index contributed by atoms with van der Waals surface area (Å²) in [5.41, 5.74) is 2.37. The highest BCUT2D eigenvalue weighted by molar-refractivity contribution is 7.99. The fourth-order valence-electron chi connectivity index (χ4n) is 1.61. The summed E-state index contributed by atoms with van der Waals surface area (Å²) in [7, 11) is 0. The molecule has 0 aliphatic heterocycles. The number of rotatable bonds is 5. The molecule has 100 valence electrons. The van der Waals surface area contributed by atoms with Gasteiger partial charge in [-0.3, -0.25) is 0 Å². The Balaban J connectivity index is 2.10. The molecule has 2 aromatic rings. The lowest BCUT2D eigenvalue weighted by molar-refractivity contribution is 0.721. The number of nitrogens with one attached hydrogen (secondary N) is 1. The normalized spacial score (nSPS) is 10.7. The molecule has 0 amide bonds. The van der Waals surface area contributed by atoms with Crippen LogP contribution in [0.25, 0.3) is 0 Å². The highest BCUT2D eigenvalue weighted by atomic mass is 35.5. The van der Waals surface area contributed by atoms with Crippen molar-refractivity contribution in [3.05, 3.63) is 46.7 Å². The number of pyridine rings is 2. The zero-order chi connectivity index (χ0) is 13.7. The third-order valence-corrected chi connectivity index (χ3v) is 3.86. The Hall–Kier alpha value is -1.10. The monoisotopic (exact) mass is 293 g/mol. The summed E-state index contributed by atoms with van der Waals surface area (Å²) in [5.74, 6) is 0. The molecule has 0 bridgehead atoms. The van der Waals surface area contributed by atoms with Crippen molar-refractivity contribution in [1.82, 2.24) is 15.3 Å². The van der Waals surface area contributed by atoms with Gasteiger partial charge in [0.05, 0.1) is 5.02 Å². The van der Waals surface area contributed by atoms with Gasteiger partial charge in [-0.1, -0.05) is 24.6 Å². The van der Waals surface area contributed by atoms with Gasteiger partial charge in [-0.15, -0.1) is 0 Å². The van der Waals surface area contributed by atoms with Crippen LogP contribution in [-0.2, 0) is 6.54 Å². The molecule has 0 spiro atoms. The fourth-order valence-corrected chi connectivity index (χ4v) is 2.49. The van der Waals surface area contributed by atoms with Crippen LogP contribution in [0.4, 0.5) is 0 Å². The smallest absolute Gasteiger partial charge is 0.105 e. The Morgan fingerprint density at radius 3 is 2.74 bits per heavy atom. The fraction of sp³-hybridized carbons (Fsp3) is 0.286. The van der Waals surface area contributed by atoms with Crippen molar-refractivity contribution in [1.29, 1.82) is 0 Å². The number of aryl methyl sites for hydroxylation is 1. The summed E-state index contributed by atoms with van der Waals surface area (Å²) in [4.78, 5) is 8.76. The second-order valence-electron chi connectivity index (χ2n) is 4.16. The molecule has 0 aliphatic rings. The summed E-state index contributed by atoms with van der Waals surface area (Å²) in [6.45, 7) is 5.98. The number of hydrogen-bond donors (Lipinski definition) is 1. The molecule has 5 heteroatoms. The Kier molecular flexibility index (Phi) is 5.19. The van der Waals surface area contributed by atoms with E-state index in [1.807, 2.05) is 18.3 Å². The van der Waals surface area contributed by atoms with E-state index in [9.17, 15) is 0 Å². The molecule has 2 aromatic heterocycles. The van der Waals surface area contributed by atoms with Crippen molar-refractivity contribution < 1.29 is 0 Å².